The summed E-state index contributed by atoms with van der Waals surface area (Å²) in [5.41, 5.74) is 4.59. The summed E-state index contributed by atoms with van der Waals surface area (Å²) in [6, 6.07) is 12.2. The van der Waals surface area contributed by atoms with Crippen molar-refractivity contribution in [2.24, 2.45) is 0 Å². The molecule has 0 saturated carbocycles. The molecule has 1 saturated heterocycles. The van der Waals surface area contributed by atoms with Gasteiger partial charge in [-0.15, -0.1) is 0 Å². The van der Waals surface area contributed by atoms with Crippen LogP contribution in [0, 0.1) is 0 Å². The molecule has 1 aliphatic rings. The monoisotopic (exact) mass is 433 g/mol. The van der Waals surface area contributed by atoms with Crippen molar-refractivity contribution in [1.29, 1.82) is 0 Å². The Morgan fingerprint density at radius 1 is 1.22 bits per heavy atom. The Morgan fingerprint density at radius 2 is 2.00 bits per heavy atom. The van der Waals surface area contributed by atoms with E-state index in [2.05, 4.69) is 13.0 Å². The van der Waals surface area contributed by atoms with Crippen molar-refractivity contribution in [2.75, 3.05) is 20.3 Å². The Kier molecular flexibility index (Phi) is 6.54. The van der Waals surface area contributed by atoms with Gasteiger partial charge in [-0.2, -0.15) is 0 Å². The molecule has 0 N–H and O–H groups in total. The van der Waals surface area contributed by atoms with Crippen molar-refractivity contribution in [1.82, 2.24) is 4.90 Å². The zero-order valence-corrected chi connectivity index (χ0v) is 19.3. The number of piperidine rings is 1. The predicted molar refractivity (Wildman–Crippen MR) is 128 cm³/mol. The molecular formula is C27H31NO4. The number of fused-ring (bicyclic) bond motifs is 1. The normalized spacial score (nSPS) is 16.9. The number of benzene rings is 2. The summed E-state index contributed by atoms with van der Waals surface area (Å²) >= 11 is 0. The van der Waals surface area contributed by atoms with E-state index in [4.69, 9.17) is 13.9 Å². The van der Waals surface area contributed by atoms with Gasteiger partial charge in [0, 0.05) is 41.2 Å². The van der Waals surface area contributed by atoms with Crippen LogP contribution in [0.5, 0.6) is 11.5 Å². The van der Waals surface area contributed by atoms with Gasteiger partial charge in [-0.3, -0.25) is 4.79 Å². The molecular weight excluding hydrogens is 402 g/mol. The molecule has 168 valence electrons. The minimum atomic E-state index is 0.0693. The summed E-state index contributed by atoms with van der Waals surface area (Å²) in [4.78, 5) is 15.0. The quantitative estimate of drug-likeness (QED) is 0.427. The van der Waals surface area contributed by atoms with E-state index in [-0.39, 0.29) is 11.9 Å². The lowest BCUT2D eigenvalue weighted by molar-refractivity contribution is -0.129. The molecule has 5 nitrogen and oxygen atoms in total. The van der Waals surface area contributed by atoms with E-state index in [1.165, 1.54) is 6.42 Å². The number of furan rings is 1. The zero-order valence-electron chi connectivity index (χ0n) is 19.3. The van der Waals surface area contributed by atoms with Gasteiger partial charge in [0.05, 0.1) is 20.0 Å². The topological polar surface area (TPSA) is 51.9 Å². The molecule has 1 fully saturated rings. The van der Waals surface area contributed by atoms with Crippen molar-refractivity contribution >= 4 is 22.4 Å². The van der Waals surface area contributed by atoms with Gasteiger partial charge in [-0.05, 0) is 69.4 Å². The molecule has 1 aliphatic heterocycles. The second kappa shape index (κ2) is 9.51. The number of methoxy groups -OCH3 is 1. The molecule has 1 aromatic heterocycles. The number of likely N-dealkylation sites (tertiary alicyclic amines) is 1. The van der Waals surface area contributed by atoms with Crippen LogP contribution in [0.2, 0.25) is 0 Å². The van der Waals surface area contributed by atoms with Crippen molar-refractivity contribution in [3.05, 3.63) is 54.3 Å². The molecule has 32 heavy (non-hydrogen) atoms. The van der Waals surface area contributed by atoms with Gasteiger partial charge in [-0.1, -0.05) is 12.1 Å². The fourth-order valence-corrected chi connectivity index (χ4v) is 4.40. The summed E-state index contributed by atoms with van der Waals surface area (Å²) in [6.45, 7) is 7.42. The maximum absolute atomic E-state index is 13.0. The van der Waals surface area contributed by atoms with Gasteiger partial charge in [0.2, 0.25) is 5.91 Å². The van der Waals surface area contributed by atoms with Crippen LogP contribution in [0.15, 0.2) is 53.2 Å². The minimum Gasteiger partial charge on any atom is -0.497 e. The Labute approximate surface area is 189 Å². The molecule has 0 bridgehead atoms. The van der Waals surface area contributed by atoms with Crippen LogP contribution in [-0.4, -0.2) is 37.1 Å². The minimum absolute atomic E-state index is 0.0693. The van der Waals surface area contributed by atoms with Crippen LogP contribution in [-0.2, 0) is 4.79 Å². The van der Waals surface area contributed by atoms with Crippen LogP contribution < -0.4 is 9.47 Å². The maximum atomic E-state index is 13.0. The molecule has 3 aromatic rings. The lowest BCUT2D eigenvalue weighted by Gasteiger charge is -2.32. The van der Waals surface area contributed by atoms with Crippen LogP contribution in [0.4, 0.5) is 0 Å². The lowest BCUT2D eigenvalue weighted by atomic mass is 9.98. The van der Waals surface area contributed by atoms with E-state index >= 15 is 0 Å². The Balaban J connectivity index is 1.74. The number of hydrogen-bond donors (Lipinski definition) is 0. The first-order chi connectivity index (χ1) is 15.5. The van der Waals surface area contributed by atoms with Crippen LogP contribution in [0.1, 0.15) is 45.6 Å². The van der Waals surface area contributed by atoms with Crippen LogP contribution in [0.3, 0.4) is 0 Å². The standard InChI is InChI=1S/C27H31NO4/c1-5-31-25-16-26-23(24(17-32-26)20-9-11-21(30-4)12-10-20)15-22(25)18(2)14-27(29)28-13-7-6-8-19(28)3/h9-12,14-17,19H,5-8,13H2,1-4H3/b18-14+. The number of carbonyl (C=O) groups is 1. The second-order valence-electron chi connectivity index (χ2n) is 8.36. The van der Waals surface area contributed by atoms with E-state index in [1.807, 2.05) is 49.1 Å². The SMILES string of the molecule is CCOc1cc2occ(-c3ccc(OC)cc3)c2cc1/C(C)=C/C(=O)N1CCCCC1C. The second-order valence-corrected chi connectivity index (χ2v) is 8.36. The number of nitrogens with zero attached hydrogens (tertiary/aromatic N) is 1. The molecule has 1 atom stereocenters. The molecule has 0 spiro atoms. The van der Waals surface area contributed by atoms with Crippen molar-refractivity contribution in [3.63, 3.8) is 0 Å². The molecule has 1 amide bonds. The Bertz CT molecular complexity index is 1130. The van der Waals surface area contributed by atoms with Crippen molar-refractivity contribution < 1.29 is 18.7 Å². The maximum Gasteiger partial charge on any atom is 0.247 e. The number of ether oxygens (including phenoxy) is 2. The van der Waals surface area contributed by atoms with Gasteiger partial charge < -0.3 is 18.8 Å². The number of carbonyl (C=O) groups excluding carboxylic acids is 1. The third-order valence-corrected chi connectivity index (χ3v) is 6.23. The van der Waals surface area contributed by atoms with E-state index < -0.39 is 0 Å². The molecule has 2 aromatic carbocycles. The first kappa shape index (κ1) is 22.0. The predicted octanol–water partition coefficient (Wildman–Crippen LogP) is 6.31. The molecule has 1 unspecified atom stereocenters. The van der Waals surface area contributed by atoms with E-state index in [0.29, 0.717) is 6.61 Å². The van der Waals surface area contributed by atoms with Gasteiger partial charge in [-0.25, -0.2) is 0 Å². The van der Waals surface area contributed by atoms with E-state index in [9.17, 15) is 4.79 Å². The van der Waals surface area contributed by atoms with Gasteiger partial charge in [0.1, 0.15) is 17.1 Å². The molecule has 0 aliphatic carbocycles. The highest BCUT2D eigenvalue weighted by Gasteiger charge is 2.22. The first-order valence-corrected chi connectivity index (χ1v) is 11.3. The summed E-state index contributed by atoms with van der Waals surface area (Å²) in [5, 5.41) is 0.986. The highest BCUT2D eigenvalue weighted by molar-refractivity contribution is 6.00. The van der Waals surface area contributed by atoms with Crippen molar-refractivity contribution in [2.45, 2.75) is 46.1 Å². The molecule has 0 radical (unpaired) electrons. The van der Waals surface area contributed by atoms with Crippen LogP contribution in [0.25, 0.3) is 27.7 Å². The lowest BCUT2D eigenvalue weighted by Crippen LogP contribution is -2.41. The molecule has 2 heterocycles. The fraction of sp³-hybridized carbons (Fsp3) is 0.370. The average molecular weight is 434 g/mol. The zero-order chi connectivity index (χ0) is 22.7. The number of rotatable bonds is 6. The number of hydrogen-bond acceptors (Lipinski definition) is 4. The Morgan fingerprint density at radius 3 is 2.69 bits per heavy atom. The third-order valence-electron chi connectivity index (χ3n) is 6.23. The first-order valence-electron chi connectivity index (χ1n) is 11.3. The van der Waals surface area contributed by atoms with E-state index in [0.717, 1.165) is 64.1 Å². The van der Waals surface area contributed by atoms with Crippen LogP contribution >= 0.6 is 0 Å². The van der Waals surface area contributed by atoms with Gasteiger partial charge >= 0.3 is 0 Å². The molecule has 5 heteroatoms. The molecule has 4 rings (SSSR count). The van der Waals surface area contributed by atoms with Gasteiger partial charge in [0.15, 0.2) is 0 Å². The number of allylic oxidation sites excluding steroid dienone is 1. The van der Waals surface area contributed by atoms with Gasteiger partial charge in [0.25, 0.3) is 0 Å². The highest BCUT2D eigenvalue weighted by atomic mass is 16.5. The summed E-state index contributed by atoms with van der Waals surface area (Å²) in [5.74, 6) is 1.61. The third kappa shape index (κ3) is 4.38. The van der Waals surface area contributed by atoms with Crippen molar-refractivity contribution in [3.8, 4) is 22.6 Å². The number of amides is 1. The summed E-state index contributed by atoms with van der Waals surface area (Å²) in [6.07, 6.45) is 6.84. The largest absolute Gasteiger partial charge is 0.497 e. The fourth-order valence-electron chi connectivity index (χ4n) is 4.40. The van der Waals surface area contributed by atoms with E-state index in [1.54, 1.807) is 19.4 Å². The Hall–Kier alpha value is -3.21. The average Bonchev–Trinajstić information content (AvgIpc) is 3.22. The summed E-state index contributed by atoms with van der Waals surface area (Å²) in [7, 11) is 1.66. The smallest absolute Gasteiger partial charge is 0.247 e. The summed E-state index contributed by atoms with van der Waals surface area (Å²) < 4.78 is 17.1. The highest BCUT2D eigenvalue weighted by Crippen LogP contribution is 2.38.